The van der Waals surface area contributed by atoms with Crippen molar-refractivity contribution < 1.29 is 4.74 Å². The van der Waals surface area contributed by atoms with Crippen molar-refractivity contribution in [3.05, 3.63) is 58.3 Å². The molecule has 2 aromatic rings. The number of hydrogen-bond donors (Lipinski definition) is 1. The van der Waals surface area contributed by atoms with Gasteiger partial charge in [-0.05, 0) is 42.8 Å². The second-order valence-electron chi connectivity index (χ2n) is 4.25. The summed E-state index contributed by atoms with van der Waals surface area (Å²) in [6.45, 7) is 1.88. The summed E-state index contributed by atoms with van der Waals surface area (Å²) < 4.78 is 5.90. The first-order chi connectivity index (χ1) is 9.08. The fraction of sp³-hybridized carbons (Fsp3) is 0.214. The summed E-state index contributed by atoms with van der Waals surface area (Å²) in [5.74, 6) is 0.560. The molecule has 0 aliphatic heterocycles. The first kappa shape index (κ1) is 14.1. The third-order valence-corrected chi connectivity index (χ3v) is 3.19. The van der Waals surface area contributed by atoms with Gasteiger partial charge in [0.1, 0.15) is 11.9 Å². The van der Waals surface area contributed by atoms with E-state index >= 15 is 0 Å². The highest BCUT2D eigenvalue weighted by Crippen LogP contribution is 2.32. The summed E-state index contributed by atoms with van der Waals surface area (Å²) in [5, 5.41) is 1.03. The van der Waals surface area contributed by atoms with Crippen LogP contribution in [0.4, 0.5) is 0 Å². The van der Waals surface area contributed by atoms with Crippen molar-refractivity contribution >= 4 is 23.2 Å². The fourth-order valence-electron chi connectivity index (χ4n) is 1.74. The molecule has 0 aliphatic carbocycles. The fourth-order valence-corrected chi connectivity index (χ4v) is 2.19. The number of ether oxygens (including phenoxy) is 1. The van der Waals surface area contributed by atoms with Crippen molar-refractivity contribution in [3.63, 3.8) is 0 Å². The molecule has 0 fully saturated rings. The smallest absolute Gasteiger partial charge is 0.139 e. The van der Waals surface area contributed by atoms with Crippen LogP contribution in [0.1, 0.15) is 18.6 Å². The van der Waals surface area contributed by atoms with E-state index in [2.05, 4.69) is 4.98 Å². The molecular weight excluding hydrogens is 283 g/mol. The van der Waals surface area contributed by atoms with Crippen molar-refractivity contribution in [1.82, 2.24) is 4.98 Å². The maximum Gasteiger partial charge on any atom is 0.139 e. The minimum absolute atomic E-state index is 0.186. The van der Waals surface area contributed by atoms with E-state index in [0.29, 0.717) is 15.8 Å². The van der Waals surface area contributed by atoms with Gasteiger partial charge in [0.25, 0.3) is 0 Å². The molecule has 100 valence electrons. The highest BCUT2D eigenvalue weighted by atomic mass is 35.5. The molecule has 3 nitrogen and oxygen atoms in total. The van der Waals surface area contributed by atoms with E-state index in [9.17, 15) is 0 Å². The minimum Gasteiger partial charge on any atom is -0.483 e. The molecule has 2 atom stereocenters. The van der Waals surface area contributed by atoms with Crippen LogP contribution in [0.2, 0.25) is 10.0 Å². The third kappa shape index (κ3) is 3.60. The zero-order valence-corrected chi connectivity index (χ0v) is 11.9. The SMILES string of the molecule is CC(N)C(Oc1ccc(Cl)cc1Cl)c1ccncc1. The molecule has 2 rings (SSSR count). The van der Waals surface area contributed by atoms with Crippen LogP contribution in [-0.2, 0) is 0 Å². The average Bonchev–Trinajstić information content (AvgIpc) is 2.38. The van der Waals surface area contributed by atoms with Crippen LogP contribution in [0, 0.1) is 0 Å². The highest BCUT2D eigenvalue weighted by Gasteiger charge is 2.19. The van der Waals surface area contributed by atoms with Crippen LogP contribution >= 0.6 is 23.2 Å². The quantitative estimate of drug-likeness (QED) is 0.932. The number of nitrogens with two attached hydrogens (primary N) is 1. The van der Waals surface area contributed by atoms with E-state index in [1.54, 1.807) is 30.6 Å². The van der Waals surface area contributed by atoms with Gasteiger partial charge in [0.05, 0.1) is 5.02 Å². The van der Waals surface area contributed by atoms with E-state index in [4.69, 9.17) is 33.7 Å². The van der Waals surface area contributed by atoms with E-state index in [-0.39, 0.29) is 12.1 Å². The number of rotatable bonds is 4. The van der Waals surface area contributed by atoms with E-state index in [1.807, 2.05) is 19.1 Å². The molecule has 1 heterocycles. The van der Waals surface area contributed by atoms with Crippen molar-refractivity contribution in [3.8, 4) is 5.75 Å². The summed E-state index contributed by atoms with van der Waals surface area (Å²) in [7, 11) is 0. The average molecular weight is 297 g/mol. The summed E-state index contributed by atoms with van der Waals surface area (Å²) >= 11 is 12.0. The van der Waals surface area contributed by atoms with Crippen molar-refractivity contribution in [2.75, 3.05) is 0 Å². The van der Waals surface area contributed by atoms with Crippen LogP contribution in [0.5, 0.6) is 5.75 Å². The summed E-state index contributed by atoms with van der Waals surface area (Å²) in [4.78, 5) is 3.98. The molecule has 0 saturated heterocycles. The monoisotopic (exact) mass is 296 g/mol. The lowest BCUT2D eigenvalue weighted by Crippen LogP contribution is -2.29. The van der Waals surface area contributed by atoms with Gasteiger partial charge in [-0.1, -0.05) is 23.2 Å². The standard InChI is InChI=1S/C14H14Cl2N2O/c1-9(17)14(10-4-6-18-7-5-10)19-13-3-2-11(15)8-12(13)16/h2-9,14H,17H2,1H3. The van der Waals surface area contributed by atoms with E-state index in [1.165, 1.54) is 0 Å². The lowest BCUT2D eigenvalue weighted by Gasteiger charge is -2.23. The van der Waals surface area contributed by atoms with Gasteiger partial charge in [-0.25, -0.2) is 0 Å². The minimum atomic E-state index is -0.290. The largest absolute Gasteiger partial charge is 0.483 e. The number of nitrogens with zero attached hydrogens (tertiary/aromatic N) is 1. The predicted octanol–water partition coefficient (Wildman–Crippen LogP) is 3.86. The topological polar surface area (TPSA) is 48.1 Å². The van der Waals surface area contributed by atoms with Gasteiger partial charge in [-0.2, -0.15) is 0 Å². The van der Waals surface area contributed by atoms with Crippen LogP contribution in [-0.4, -0.2) is 11.0 Å². The molecule has 0 amide bonds. The second-order valence-corrected chi connectivity index (χ2v) is 5.10. The number of aromatic nitrogens is 1. The Morgan fingerprint density at radius 2 is 1.84 bits per heavy atom. The Morgan fingerprint density at radius 1 is 1.16 bits per heavy atom. The molecule has 19 heavy (non-hydrogen) atoms. The Bertz CT molecular complexity index is 546. The Hall–Kier alpha value is -1.29. The van der Waals surface area contributed by atoms with E-state index < -0.39 is 0 Å². The normalized spacial score (nSPS) is 13.9. The Balaban J connectivity index is 2.27. The Morgan fingerprint density at radius 3 is 2.42 bits per heavy atom. The zero-order chi connectivity index (χ0) is 13.8. The Labute approximate surface area is 122 Å². The van der Waals surface area contributed by atoms with Crippen LogP contribution in [0.3, 0.4) is 0 Å². The Kier molecular flexibility index (Phi) is 4.64. The third-order valence-electron chi connectivity index (χ3n) is 2.66. The van der Waals surface area contributed by atoms with Crippen molar-refractivity contribution in [1.29, 1.82) is 0 Å². The maximum absolute atomic E-state index is 6.10. The first-order valence-electron chi connectivity index (χ1n) is 5.85. The number of halogens is 2. The van der Waals surface area contributed by atoms with Gasteiger partial charge in [-0.3, -0.25) is 4.98 Å². The van der Waals surface area contributed by atoms with Gasteiger partial charge in [0.2, 0.25) is 0 Å². The van der Waals surface area contributed by atoms with Gasteiger partial charge >= 0.3 is 0 Å². The molecule has 0 radical (unpaired) electrons. The number of pyridine rings is 1. The molecule has 0 bridgehead atoms. The van der Waals surface area contributed by atoms with Crippen LogP contribution in [0.15, 0.2) is 42.7 Å². The molecule has 2 N–H and O–H groups in total. The lowest BCUT2D eigenvalue weighted by atomic mass is 10.1. The first-order valence-corrected chi connectivity index (χ1v) is 6.60. The molecule has 0 spiro atoms. The molecule has 0 aliphatic rings. The summed E-state index contributed by atoms with van der Waals surface area (Å²) in [6.07, 6.45) is 3.12. The summed E-state index contributed by atoms with van der Waals surface area (Å²) in [6, 6.07) is 8.67. The molecule has 1 aromatic carbocycles. The highest BCUT2D eigenvalue weighted by molar-refractivity contribution is 6.35. The molecule has 5 heteroatoms. The van der Waals surface area contributed by atoms with Gasteiger partial charge in [0.15, 0.2) is 0 Å². The maximum atomic E-state index is 6.10. The summed E-state index contributed by atoms with van der Waals surface area (Å²) in [5.41, 5.74) is 6.94. The van der Waals surface area contributed by atoms with Crippen molar-refractivity contribution in [2.45, 2.75) is 19.1 Å². The van der Waals surface area contributed by atoms with Gasteiger partial charge in [0, 0.05) is 23.5 Å². The molecule has 0 saturated carbocycles. The second kappa shape index (κ2) is 6.24. The molecule has 2 unspecified atom stereocenters. The van der Waals surface area contributed by atoms with Gasteiger partial charge < -0.3 is 10.5 Å². The molecular formula is C14H14Cl2N2O. The number of benzene rings is 1. The molecule has 1 aromatic heterocycles. The van der Waals surface area contributed by atoms with E-state index in [0.717, 1.165) is 5.56 Å². The van der Waals surface area contributed by atoms with Crippen LogP contribution in [0.25, 0.3) is 0 Å². The van der Waals surface area contributed by atoms with Crippen LogP contribution < -0.4 is 10.5 Å². The number of hydrogen-bond acceptors (Lipinski definition) is 3. The van der Waals surface area contributed by atoms with Gasteiger partial charge in [-0.15, -0.1) is 0 Å². The van der Waals surface area contributed by atoms with Crippen molar-refractivity contribution in [2.24, 2.45) is 5.73 Å². The zero-order valence-electron chi connectivity index (χ0n) is 10.4. The lowest BCUT2D eigenvalue weighted by molar-refractivity contribution is 0.180. The predicted molar refractivity (Wildman–Crippen MR) is 77.7 cm³/mol.